The Morgan fingerprint density at radius 1 is 1.00 bits per heavy atom. The van der Waals surface area contributed by atoms with Gasteiger partial charge in [0.15, 0.2) is 0 Å². The third-order valence-corrected chi connectivity index (χ3v) is 5.71. The van der Waals surface area contributed by atoms with Crippen LogP contribution in [0.5, 0.6) is 5.75 Å². The molecule has 1 amide bonds. The number of nitrogens with zero attached hydrogens (tertiary/aromatic N) is 2. The van der Waals surface area contributed by atoms with E-state index in [9.17, 15) is 9.18 Å². The molecular formula is C28H27FN2O3. The van der Waals surface area contributed by atoms with E-state index in [2.05, 4.69) is 6.07 Å². The third-order valence-electron chi connectivity index (χ3n) is 5.71. The van der Waals surface area contributed by atoms with Crippen LogP contribution in [0.15, 0.2) is 72.8 Å². The van der Waals surface area contributed by atoms with Crippen LogP contribution in [0.4, 0.5) is 4.39 Å². The molecule has 0 radical (unpaired) electrons. The largest absolute Gasteiger partial charge is 0.497 e. The number of rotatable bonds is 8. The number of methoxy groups -OCH3 is 2. The van der Waals surface area contributed by atoms with E-state index >= 15 is 0 Å². The number of benzene rings is 3. The van der Waals surface area contributed by atoms with Gasteiger partial charge in [0.05, 0.1) is 30.5 Å². The minimum Gasteiger partial charge on any atom is -0.497 e. The maximum Gasteiger partial charge on any atom is 0.257 e. The topological polar surface area (TPSA) is 51.7 Å². The Balaban J connectivity index is 1.82. The van der Waals surface area contributed by atoms with Crippen molar-refractivity contribution in [2.75, 3.05) is 27.4 Å². The lowest BCUT2D eigenvalue weighted by Crippen LogP contribution is -2.34. The van der Waals surface area contributed by atoms with E-state index in [1.54, 1.807) is 31.3 Å². The number of ether oxygens (including phenoxy) is 2. The number of hydrogen-bond donors (Lipinski definition) is 0. The number of amides is 1. The van der Waals surface area contributed by atoms with E-state index in [0.29, 0.717) is 13.2 Å². The van der Waals surface area contributed by atoms with E-state index in [4.69, 9.17) is 14.5 Å². The number of aryl methyl sites for hydroxylation is 1. The van der Waals surface area contributed by atoms with Gasteiger partial charge in [-0.3, -0.25) is 4.79 Å². The molecular weight excluding hydrogens is 431 g/mol. The van der Waals surface area contributed by atoms with Crippen LogP contribution in [-0.2, 0) is 11.3 Å². The van der Waals surface area contributed by atoms with Gasteiger partial charge in [-0.2, -0.15) is 0 Å². The minimum absolute atomic E-state index is 0.0363. The Kier molecular flexibility index (Phi) is 7.18. The quantitative estimate of drug-likeness (QED) is 0.343. The lowest BCUT2D eigenvalue weighted by Gasteiger charge is -2.24. The number of halogens is 1. The van der Waals surface area contributed by atoms with E-state index in [-0.39, 0.29) is 18.0 Å². The highest BCUT2D eigenvalue weighted by Gasteiger charge is 2.21. The van der Waals surface area contributed by atoms with Gasteiger partial charge in [0.25, 0.3) is 5.91 Å². The van der Waals surface area contributed by atoms with Crippen molar-refractivity contribution >= 4 is 16.8 Å². The van der Waals surface area contributed by atoms with Crippen molar-refractivity contribution in [3.8, 4) is 17.0 Å². The molecule has 0 aliphatic rings. The van der Waals surface area contributed by atoms with Gasteiger partial charge in [-0.1, -0.05) is 35.9 Å². The van der Waals surface area contributed by atoms with Crippen molar-refractivity contribution < 1.29 is 18.7 Å². The molecule has 174 valence electrons. The van der Waals surface area contributed by atoms with Crippen molar-refractivity contribution in [2.24, 2.45) is 0 Å². The van der Waals surface area contributed by atoms with E-state index < -0.39 is 5.82 Å². The first-order valence-corrected chi connectivity index (χ1v) is 11.1. The van der Waals surface area contributed by atoms with Crippen molar-refractivity contribution in [3.63, 3.8) is 0 Å². The molecule has 6 heteroatoms. The minimum atomic E-state index is -0.544. The Morgan fingerprint density at radius 2 is 1.82 bits per heavy atom. The molecule has 1 heterocycles. The normalized spacial score (nSPS) is 10.9. The van der Waals surface area contributed by atoms with Crippen LogP contribution in [0.2, 0.25) is 0 Å². The summed E-state index contributed by atoms with van der Waals surface area (Å²) in [6, 6.07) is 21.9. The first kappa shape index (κ1) is 23.4. The van der Waals surface area contributed by atoms with Gasteiger partial charge in [0.1, 0.15) is 11.6 Å². The second-order valence-electron chi connectivity index (χ2n) is 8.12. The Hall–Kier alpha value is -3.77. The van der Waals surface area contributed by atoms with Crippen LogP contribution in [0, 0.1) is 12.7 Å². The predicted molar refractivity (Wildman–Crippen MR) is 131 cm³/mol. The van der Waals surface area contributed by atoms with Crippen molar-refractivity contribution in [2.45, 2.75) is 13.5 Å². The fourth-order valence-electron chi connectivity index (χ4n) is 3.94. The molecule has 3 aromatic carbocycles. The average Bonchev–Trinajstić information content (AvgIpc) is 2.85. The van der Waals surface area contributed by atoms with Crippen molar-refractivity contribution in [1.82, 2.24) is 9.88 Å². The van der Waals surface area contributed by atoms with Gasteiger partial charge in [-0.05, 0) is 48.9 Å². The summed E-state index contributed by atoms with van der Waals surface area (Å²) < 4.78 is 25.0. The summed E-state index contributed by atoms with van der Waals surface area (Å²) in [6.45, 7) is 2.93. The highest BCUT2D eigenvalue weighted by atomic mass is 19.1. The van der Waals surface area contributed by atoms with Crippen LogP contribution in [0.1, 0.15) is 21.5 Å². The zero-order valence-electron chi connectivity index (χ0n) is 19.5. The lowest BCUT2D eigenvalue weighted by atomic mass is 10.0. The summed E-state index contributed by atoms with van der Waals surface area (Å²) in [6.07, 6.45) is 0. The molecule has 0 N–H and O–H groups in total. The number of hydrogen-bond acceptors (Lipinski definition) is 4. The van der Waals surface area contributed by atoms with Gasteiger partial charge in [0, 0.05) is 37.2 Å². The summed E-state index contributed by atoms with van der Waals surface area (Å²) in [5, 5.41) is 0.928. The van der Waals surface area contributed by atoms with Crippen LogP contribution < -0.4 is 4.74 Å². The smallest absolute Gasteiger partial charge is 0.257 e. The molecule has 4 aromatic rings. The van der Waals surface area contributed by atoms with Crippen molar-refractivity contribution in [1.29, 1.82) is 0 Å². The summed E-state index contributed by atoms with van der Waals surface area (Å²) in [4.78, 5) is 19.9. The first-order chi connectivity index (χ1) is 16.5. The number of fused-ring (bicyclic) bond motifs is 1. The van der Waals surface area contributed by atoms with E-state index in [1.807, 2.05) is 49.4 Å². The molecule has 0 unspecified atom stereocenters. The van der Waals surface area contributed by atoms with Crippen LogP contribution in [0.3, 0.4) is 0 Å². The van der Waals surface area contributed by atoms with Crippen LogP contribution in [0.25, 0.3) is 22.2 Å². The van der Waals surface area contributed by atoms with Crippen LogP contribution >= 0.6 is 0 Å². The Morgan fingerprint density at radius 3 is 2.56 bits per heavy atom. The van der Waals surface area contributed by atoms with Gasteiger partial charge >= 0.3 is 0 Å². The average molecular weight is 459 g/mol. The summed E-state index contributed by atoms with van der Waals surface area (Å²) in [5.41, 5.74) is 4.52. The number of aromatic nitrogens is 1. The molecule has 0 spiro atoms. The highest BCUT2D eigenvalue weighted by Crippen LogP contribution is 2.29. The SMILES string of the molecule is COCCN(Cc1cc2ccc(OC)cc2nc1-c1cccc(C)c1)C(=O)c1ccccc1F. The molecule has 0 saturated carbocycles. The molecule has 0 saturated heterocycles. The molecule has 1 aromatic heterocycles. The lowest BCUT2D eigenvalue weighted by molar-refractivity contribution is 0.0676. The zero-order chi connectivity index (χ0) is 24.1. The number of pyridine rings is 1. The number of carbonyl (C=O) groups is 1. The predicted octanol–water partition coefficient (Wildman–Crippen LogP) is 5.65. The molecule has 0 bridgehead atoms. The first-order valence-electron chi connectivity index (χ1n) is 11.1. The van der Waals surface area contributed by atoms with Gasteiger partial charge in [0.2, 0.25) is 0 Å². The third kappa shape index (κ3) is 5.07. The molecule has 0 atom stereocenters. The monoisotopic (exact) mass is 458 g/mol. The van der Waals surface area contributed by atoms with Gasteiger partial charge in [-0.15, -0.1) is 0 Å². The molecule has 5 nitrogen and oxygen atoms in total. The molecule has 0 aliphatic carbocycles. The van der Waals surface area contributed by atoms with Gasteiger partial charge in [-0.25, -0.2) is 9.37 Å². The molecule has 0 fully saturated rings. The van der Waals surface area contributed by atoms with Crippen LogP contribution in [-0.4, -0.2) is 43.2 Å². The highest BCUT2D eigenvalue weighted by molar-refractivity contribution is 5.94. The van der Waals surface area contributed by atoms with Crippen molar-refractivity contribution in [3.05, 3.63) is 95.3 Å². The van der Waals surface area contributed by atoms with E-state index in [1.165, 1.54) is 12.1 Å². The maximum atomic E-state index is 14.4. The van der Waals surface area contributed by atoms with Gasteiger partial charge < -0.3 is 14.4 Å². The molecule has 0 aliphatic heterocycles. The maximum absolute atomic E-state index is 14.4. The fourth-order valence-corrected chi connectivity index (χ4v) is 3.94. The second-order valence-corrected chi connectivity index (χ2v) is 8.12. The Labute approximate surface area is 198 Å². The second kappa shape index (κ2) is 10.4. The molecule has 4 rings (SSSR count). The van der Waals surface area contributed by atoms with E-state index in [0.717, 1.165) is 39.0 Å². The Bertz CT molecular complexity index is 1320. The standard InChI is InChI=1S/C28H27FN2O3/c1-19-7-6-8-21(15-19)27-22(16-20-11-12-23(34-3)17-26(20)30-27)18-31(13-14-33-2)28(32)24-9-4-5-10-25(24)29/h4-12,15-17H,13-14,18H2,1-3H3. The number of carbonyl (C=O) groups excluding carboxylic acids is 1. The summed E-state index contributed by atoms with van der Waals surface area (Å²) in [7, 11) is 3.20. The summed E-state index contributed by atoms with van der Waals surface area (Å²) >= 11 is 0. The summed E-state index contributed by atoms with van der Waals surface area (Å²) in [5.74, 6) is -0.211. The fraction of sp³-hybridized carbons (Fsp3) is 0.214. The zero-order valence-corrected chi connectivity index (χ0v) is 19.5. The molecule has 34 heavy (non-hydrogen) atoms.